The fourth-order valence-electron chi connectivity index (χ4n) is 2.02. The van der Waals surface area contributed by atoms with Crippen LogP contribution in [0.15, 0.2) is 47.4 Å². The number of nitrogens with one attached hydrogen (secondary N) is 2. The fourth-order valence-corrected chi connectivity index (χ4v) is 3.09. The van der Waals surface area contributed by atoms with Crippen LogP contribution in [0, 0.1) is 12.7 Å². The number of ketones is 1. The average molecular weight is 364 g/mol. The van der Waals surface area contributed by atoms with Gasteiger partial charge in [0.1, 0.15) is 5.82 Å². The zero-order valence-electron chi connectivity index (χ0n) is 13.7. The van der Waals surface area contributed by atoms with Crippen LogP contribution < -0.4 is 10.0 Å². The quantitative estimate of drug-likeness (QED) is 0.769. The lowest BCUT2D eigenvalue weighted by Crippen LogP contribution is -2.33. The number of aryl methyl sites for hydroxylation is 1. The van der Waals surface area contributed by atoms with Gasteiger partial charge in [-0.1, -0.05) is 0 Å². The van der Waals surface area contributed by atoms with Gasteiger partial charge in [0.2, 0.25) is 15.9 Å². The smallest absolute Gasteiger partial charge is 0.241 e. The first-order valence-electron chi connectivity index (χ1n) is 7.36. The summed E-state index contributed by atoms with van der Waals surface area (Å²) in [6.45, 7) is 2.40. The standard InChI is InChI=1S/C17H17FN2O4S/c1-11-9-15(7-8-16(11)18)25(23,24)19-10-17(22)20-14-5-3-13(4-6-14)12(2)21/h3-9,19H,10H2,1-2H3,(H,20,22). The van der Waals surface area contributed by atoms with Gasteiger partial charge in [0.25, 0.3) is 0 Å². The molecule has 0 aliphatic rings. The minimum atomic E-state index is -3.93. The zero-order chi connectivity index (χ0) is 18.6. The number of carbonyl (C=O) groups excluding carboxylic acids is 2. The third kappa shape index (κ3) is 4.94. The van der Waals surface area contributed by atoms with E-state index in [1.54, 1.807) is 24.3 Å². The molecule has 1 amide bonds. The molecule has 0 saturated carbocycles. The second-order valence-corrected chi connectivity index (χ2v) is 7.18. The molecule has 2 rings (SSSR count). The van der Waals surface area contributed by atoms with Gasteiger partial charge in [-0.25, -0.2) is 17.5 Å². The van der Waals surface area contributed by atoms with Gasteiger partial charge in [-0.3, -0.25) is 9.59 Å². The van der Waals surface area contributed by atoms with Crippen molar-refractivity contribution >= 4 is 27.4 Å². The summed E-state index contributed by atoms with van der Waals surface area (Å²) in [4.78, 5) is 22.9. The van der Waals surface area contributed by atoms with Crippen molar-refractivity contribution in [2.24, 2.45) is 0 Å². The maximum Gasteiger partial charge on any atom is 0.241 e. The summed E-state index contributed by atoms with van der Waals surface area (Å²) in [5, 5.41) is 2.52. The minimum Gasteiger partial charge on any atom is -0.325 e. The van der Waals surface area contributed by atoms with Crippen LogP contribution in [-0.2, 0) is 14.8 Å². The van der Waals surface area contributed by atoms with E-state index in [0.717, 1.165) is 12.1 Å². The highest BCUT2D eigenvalue weighted by molar-refractivity contribution is 7.89. The molecular weight excluding hydrogens is 347 g/mol. The molecule has 8 heteroatoms. The Hall–Kier alpha value is -2.58. The van der Waals surface area contributed by atoms with Gasteiger partial charge >= 0.3 is 0 Å². The fraction of sp³-hybridized carbons (Fsp3) is 0.176. The molecule has 2 aromatic rings. The van der Waals surface area contributed by atoms with Crippen LogP contribution in [0.4, 0.5) is 10.1 Å². The van der Waals surface area contributed by atoms with Crippen molar-refractivity contribution in [3.63, 3.8) is 0 Å². The lowest BCUT2D eigenvalue weighted by molar-refractivity contribution is -0.115. The number of anilines is 1. The monoisotopic (exact) mass is 364 g/mol. The number of hydrogen-bond donors (Lipinski definition) is 2. The number of rotatable bonds is 6. The zero-order valence-corrected chi connectivity index (χ0v) is 14.5. The van der Waals surface area contributed by atoms with E-state index in [9.17, 15) is 22.4 Å². The van der Waals surface area contributed by atoms with Crippen molar-refractivity contribution in [1.29, 1.82) is 0 Å². The van der Waals surface area contributed by atoms with E-state index in [4.69, 9.17) is 0 Å². The summed E-state index contributed by atoms with van der Waals surface area (Å²) in [5.74, 6) is -1.18. The first-order chi connectivity index (χ1) is 11.7. The van der Waals surface area contributed by atoms with Crippen molar-refractivity contribution in [2.45, 2.75) is 18.7 Å². The summed E-state index contributed by atoms with van der Waals surface area (Å²) in [6, 6.07) is 9.59. The van der Waals surface area contributed by atoms with E-state index >= 15 is 0 Å². The van der Waals surface area contributed by atoms with Crippen LogP contribution in [-0.4, -0.2) is 26.7 Å². The molecule has 0 aliphatic heterocycles. The highest BCUT2D eigenvalue weighted by Gasteiger charge is 2.16. The largest absolute Gasteiger partial charge is 0.325 e. The highest BCUT2D eigenvalue weighted by Crippen LogP contribution is 2.14. The van der Waals surface area contributed by atoms with Crippen LogP contribution >= 0.6 is 0 Å². The Kier molecular flexibility index (Phi) is 5.66. The molecule has 0 unspecified atom stereocenters. The van der Waals surface area contributed by atoms with E-state index in [-0.39, 0.29) is 16.2 Å². The van der Waals surface area contributed by atoms with Crippen LogP contribution in [0.3, 0.4) is 0 Å². The molecule has 0 aliphatic carbocycles. The molecular formula is C17H17FN2O4S. The SMILES string of the molecule is CC(=O)c1ccc(NC(=O)CNS(=O)(=O)c2ccc(F)c(C)c2)cc1. The number of benzene rings is 2. The maximum atomic E-state index is 13.2. The van der Waals surface area contributed by atoms with E-state index in [2.05, 4.69) is 10.0 Å². The molecule has 0 spiro atoms. The van der Waals surface area contributed by atoms with Gasteiger partial charge in [0, 0.05) is 11.3 Å². The molecule has 132 valence electrons. The Labute approximate surface area is 145 Å². The molecule has 2 N–H and O–H groups in total. The summed E-state index contributed by atoms with van der Waals surface area (Å²) in [5.41, 5.74) is 1.13. The molecule has 0 bridgehead atoms. The first-order valence-corrected chi connectivity index (χ1v) is 8.84. The number of halogens is 1. The first kappa shape index (κ1) is 18.8. The summed E-state index contributed by atoms with van der Waals surface area (Å²) in [6.07, 6.45) is 0. The maximum absolute atomic E-state index is 13.2. The third-order valence-corrected chi connectivity index (χ3v) is 4.84. The highest BCUT2D eigenvalue weighted by atomic mass is 32.2. The van der Waals surface area contributed by atoms with Crippen LogP contribution in [0.25, 0.3) is 0 Å². The topological polar surface area (TPSA) is 92.3 Å². The van der Waals surface area contributed by atoms with Crippen molar-refractivity contribution < 1.29 is 22.4 Å². The van der Waals surface area contributed by atoms with Gasteiger partial charge in [0.05, 0.1) is 11.4 Å². The molecule has 0 radical (unpaired) electrons. The third-order valence-electron chi connectivity index (χ3n) is 3.44. The van der Waals surface area contributed by atoms with Gasteiger partial charge in [0.15, 0.2) is 5.78 Å². The Morgan fingerprint density at radius 1 is 1.08 bits per heavy atom. The number of sulfonamides is 1. The molecule has 2 aromatic carbocycles. The van der Waals surface area contributed by atoms with E-state index in [1.807, 2.05) is 0 Å². The second kappa shape index (κ2) is 7.54. The van der Waals surface area contributed by atoms with E-state index in [0.29, 0.717) is 11.3 Å². The van der Waals surface area contributed by atoms with Crippen molar-refractivity contribution in [3.05, 3.63) is 59.4 Å². The average Bonchev–Trinajstić information content (AvgIpc) is 2.56. The predicted octanol–water partition coefficient (Wildman–Crippen LogP) is 2.25. The number of Topliss-reactive ketones (excluding diaryl/α,β-unsaturated/α-hetero) is 1. The van der Waals surface area contributed by atoms with Gasteiger partial charge in [-0.15, -0.1) is 0 Å². The van der Waals surface area contributed by atoms with Crippen molar-refractivity contribution in [1.82, 2.24) is 4.72 Å². The van der Waals surface area contributed by atoms with Gasteiger partial charge < -0.3 is 5.32 Å². The Morgan fingerprint density at radius 2 is 1.72 bits per heavy atom. The van der Waals surface area contributed by atoms with Gasteiger partial charge in [-0.2, -0.15) is 0 Å². The number of hydrogen-bond acceptors (Lipinski definition) is 4. The molecule has 0 fully saturated rings. The summed E-state index contributed by atoms with van der Waals surface area (Å²) < 4.78 is 39.6. The number of amides is 1. The Bertz CT molecular complexity index is 909. The van der Waals surface area contributed by atoms with Crippen LogP contribution in [0.1, 0.15) is 22.8 Å². The molecule has 6 nitrogen and oxygen atoms in total. The predicted molar refractivity (Wildman–Crippen MR) is 91.4 cm³/mol. The molecule has 25 heavy (non-hydrogen) atoms. The Morgan fingerprint density at radius 3 is 2.28 bits per heavy atom. The lowest BCUT2D eigenvalue weighted by Gasteiger charge is -2.09. The molecule has 0 saturated heterocycles. The van der Waals surface area contributed by atoms with Crippen molar-refractivity contribution in [3.8, 4) is 0 Å². The van der Waals surface area contributed by atoms with E-state index in [1.165, 1.54) is 19.9 Å². The molecule has 0 heterocycles. The van der Waals surface area contributed by atoms with Crippen molar-refractivity contribution in [2.75, 3.05) is 11.9 Å². The van der Waals surface area contributed by atoms with Crippen LogP contribution in [0.5, 0.6) is 0 Å². The lowest BCUT2D eigenvalue weighted by atomic mass is 10.1. The Balaban J connectivity index is 1.98. The van der Waals surface area contributed by atoms with Gasteiger partial charge in [-0.05, 0) is 61.9 Å². The second-order valence-electron chi connectivity index (χ2n) is 5.42. The normalized spacial score (nSPS) is 11.2. The van der Waals surface area contributed by atoms with E-state index < -0.39 is 28.3 Å². The van der Waals surface area contributed by atoms with Crippen LogP contribution in [0.2, 0.25) is 0 Å². The minimum absolute atomic E-state index is 0.0970. The summed E-state index contributed by atoms with van der Waals surface area (Å²) >= 11 is 0. The molecule has 0 aromatic heterocycles. The molecule has 0 atom stereocenters. The summed E-state index contributed by atoms with van der Waals surface area (Å²) in [7, 11) is -3.93. The number of carbonyl (C=O) groups is 2.